The number of amides is 1. The van der Waals surface area contributed by atoms with Crippen LogP contribution in [0.2, 0.25) is 0 Å². The molecule has 1 aliphatic rings. The van der Waals surface area contributed by atoms with Gasteiger partial charge in [-0.2, -0.15) is 0 Å². The summed E-state index contributed by atoms with van der Waals surface area (Å²) in [5, 5.41) is 3.08. The average molecular weight is 279 g/mol. The fourth-order valence-electron chi connectivity index (χ4n) is 2.70. The molecule has 0 atom stereocenters. The van der Waals surface area contributed by atoms with Gasteiger partial charge < -0.3 is 15.1 Å². The Morgan fingerprint density at radius 1 is 1.30 bits per heavy atom. The summed E-state index contributed by atoms with van der Waals surface area (Å²) in [6, 6.07) is 5.19. The number of carbonyl (C=O) groups excluding carboxylic acids is 1. The fraction of sp³-hybridized carbons (Fsp3) is 0.533. The monoisotopic (exact) mass is 279 g/mol. The third kappa shape index (κ3) is 3.28. The molecule has 1 aromatic rings. The SMILES string of the molecule is CNCc1cccc(F)c1N1CCCN(C(C)=O)CC1. The van der Waals surface area contributed by atoms with Crippen LogP contribution < -0.4 is 10.2 Å². The molecule has 1 saturated heterocycles. The van der Waals surface area contributed by atoms with Crippen molar-refractivity contribution in [3.63, 3.8) is 0 Å². The molecule has 1 heterocycles. The molecule has 0 unspecified atom stereocenters. The molecule has 1 amide bonds. The lowest BCUT2D eigenvalue weighted by molar-refractivity contribution is -0.128. The first kappa shape index (κ1) is 14.8. The van der Waals surface area contributed by atoms with E-state index in [1.54, 1.807) is 13.0 Å². The number of nitrogens with one attached hydrogen (secondary N) is 1. The van der Waals surface area contributed by atoms with Crippen molar-refractivity contribution in [1.29, 1.82) is 0 Å². The van der Waals surface area contributed by atoms with Gasteiger partial charge in [-0.25, -0.2) is 4.39 Å². The summed E-state index contributed by atoms with van der Waals surface area (Å²) in [5.74, 6) is -0.0927. The van der Waals surface area contributed by atoms with Crippen molar-refractivity contribution in [1.82, 2.24) is 10.2 Å². The van der Waals surface area contributed by atoms with Crippen LogP contribution in [0.5, 0.6) is 0 Å². The molecule has 0 bridgehead atoms. The van der Waals surface area contributed by atoms with Crippen molar-refractivity contribution >= 4 is 11.6 Å². The number of halogens is 1. The highest BCUT2D eigenvalue weighted by Crippen LogP contribution is 2.25. The molecule has 2 rings (SSSR count). The van der Waals surface area contributed by atoms with Crippen LogP contribution in [-0.4, -0.2) is 44.0 Å². The lowest BCUT2D eigenvalue weighted by Gasteiger charge is -2.26. The van der Waals surface area contributed by atoms with E-state index in [9.17, 15) is 9.18 Å². The topological polar surface area (TPSA) is 35.6 Å². The predicted octanol–water partition coefficient (Wildman–Crippen LogP) is 1.60. The Hall–Kier alpha value is -1.62. The van der Waals surface area contributed by atoms with E-state index in [-0.39, 0.29) is 11.7 Å². The lowest BCUT2D eigenvalue weighted by atomic mass is 10.1. The van der Waals surface area contributed by atoms with Crippen LogP contribution >= 0.6 is 0 Å². The summed E-state index contributed by atoms with van der Waals surface area (Å²) in [6.07, 6.45) is 0.868. The van der Waals surface area contributed by atoms with E-state index in [0.717, 1.165) is 25.1 Å². The van der Waals surface area contributed by atoms with Crippen molar-refractivity contribution in [3.8, 4) is 0 Å². The molecule has 0 aromatic heterocycles. The molecule has 0 spiro atoms. The largest absolute Gasteiger partial charge is 0.367 e. The Morgan fingerprint density at radius 2 is 2.10 bits per heavy atom. The molecule has 1 aromatic carbocycles. The third-order valence-electron chi connectivity index (χ3n) is 3.70. The molecule has 110 valence electrons. The van der Waals surface area contributed by atoms with E-state index >= 15 is 0 Å². The van der Waals surface area contributed by atoms with Crippen LogP contribution in [0.4, 0.5) is 10.1 Å². The van der Waals surface area contributed by atoms with Crippen LogP contribution in [0.1, 0.15) is 18.9 Å². The summed E-state index contributed by atoms with van der Waals surface area (Å²) >= 11 is 0. The molecule has 5 heteroatoms. The minimum absolute atomic E-state index is 0.0934. The van der Waals surface area contributed by atoms with E-state index in [1.807, 2.05) is 18.0 Å². The second-order valence-electron chi connectivity index (χ2n) is 5.12. The van der Waals surface area contributed by atoms with Gasteiger partial charge in [0.25, 0.3) is 0 Å². The molecule has 4 nitrogen and oxygen atoms in total. The Balaban J connectivity index is 2.21. The molecule has 1 aliphatic heterocycles. The van der Waals surface area contributed by atoms with Crippen molar-refractivity contribution in [2.24, 2.45) is 0 Å². The molecule has 20 heavy (non-hydrogen) atoms. The van der Waals surface area contributed by atoms with Crippen LogP contribution in [-0.2, 0) is 11.3 Å². The minimum Gasteiger partial charge on any atom is -0.367 e. The van der Waals surface area contributed by atoms with Crippen LogP contribution in [0.3, 0.4) is 0 Å². The highest BCUT2D eigenvalue weighted by atomic mass is 19.1. The van der Waals surface area contributed by atoms with Gasteiger partial charge in [0, 0.05) is 39.6 Å². The van der Waals surface area contributed by atoms with Crippen LogP contribution in [0.15, 0.2) is 18.2 Å². The van der Waals surface area contributed by atoms with Gasteiger partial charge in [0.1, 0.15) is 5.82 Å². The number of anilines is 1. The molecule has 1 fully saturated rings. The molecular weight excluding hydrogens is 257 g/mol. The maximum atomic E-state index is 14.2. The Bertz CT molecular complexity index is 478. The van der Waals surface area contributed by atoms with E-state index in [4.69, 9.17) is 0 Å². The maximum Gasteiger partial charge on any atom is 0.219 e. The van der Waals surface area contributed by atoms with Crippen LogP contribution in [0.25, 0.3) is 0 Å². The third-order valence-corrected chi connectivity index (χ3v) is 3.70. The summed E-state index contributed by atoms with van der Waals surface area (Å²) in [6.45, 7) is 5.09. The van der Waals surface area contributed by atoms with Gasteiger partial charge in [-0.3, -0.25) is 4.79 Å². The number of para-hydroxylation sites is 1. The molecular formula is C15H22FN3O. The van der Waals surface area contributed by atoms with Crippen molar-refractivity contribution in [3.05, 3.63) is 29.6 Å². The first-order chi connectivity index (χ1) is 9.63. The van der Waals surface area contributed by atoms with E-state index < -0.39 is 0 Å². The number of carbonyl (C=O) groups is 1. The Kier molecular flexibility index (Phi) is 4.95. The van der Waals surface area contributed by atoms with Crippen molar-refractivity contribution < 1.29 is 9.18 Å². The van der Waals surface area contributed by atoms with Gasteiger partial charge in [-0.15, -0.1) is 0 Å². The highest BCUT2D eigenvalue weighted by Gasteiger charge is 2.20. The average Bonchev–Trinajstić information content (AvgIpc) is 2.65. The zero-order chi connectivity index (χ0) is 14.5. The smallest absolute Gasteiger partial charge is 0.219 e. The fourth-order valence-corrected chi connectivity index (χ4v) is 2.70. The predicted molar refractivity (Wildman–Crippen MR) is 78.2 cm³/mol. The van der Waals surface area contributed by atoms with Crippen molar-refractivity contribution in [2.75, 3.05) is 38.1 Å². The molecule has 0 radical (unpaired) electrons. The van der Waals surface area contributed by atoms with Gasteiger partial charge in [0.05, 0.1) is 5.69 Å². The normalized spacial score (nSPS) is 16.1. The quantitative estimate of drug-likeness (QED) is 0.913. The van der Waals surface area contributed by atoms with Gasteiger partial charge in [0.2, 0.25) is 5.91 Å². The van der Waals surface area contributed by atoms with Gasteiger partial charge >= 0.3 is 0 Å². The zero-order valence-corrected chi connectivity index (χ0v) is 12.2. The second-order valence-corrected chi connectivity index (χ2v) is 5.12. The first-order valence-corrected chi connectivity index (χ1v) is 7.06. The summed E-state index contributed by atoms with van der Waals surface area (Å²) in [7, 11) is 1.86. The van der Waals surface area contributed by atoms with Gasteiger partial charge in [-0.1, -0.05) is 12.1 Å². The van der Waals surface area contributed by atoms with E-state index in [1.165, 1.54) is 6.07 Å². The Labute approximate surface area is 119 Å². The van der Waals surface area contributed by atoms with E-state index in [2.05, 4.69) is 10.2 Å². The molecule has 0 saturated carbocycles. The standard InChI is InChI=1S/C15H22FN3O/c1-12(20)18-7-4-8-19(10-9-18)15-13(11-17-2)5-3-6-14(15)16/h3,5-6,17H,4,7-11H2,1-2H3. The minimum atomic E-state index is -0.186. The number of hydrogen-bond donors (Lipinski definition) is 1. The number of benzene rings is 1. The van der Waals surface area contributed by atoms with Gasteiger partial charge in [-0.05, 0) is 25.1 Å². The van der Waals surface area contributed by atoms with Crippen molar-refractivity contribution in [2.45, 2.75) is 19.9 Å². The van der Waals surface area contributed by atoms with Gasteiger partial charge in [0.15, 0.2) is 0 Å². The van der Waals surface area contributed by atoms with Crippen LogP contribution in [0, 0.1) is 5.82 Å². The maximum absolute atomic E-state index is 14.2. The molecule has 0 aliphatic carbocycles. The summed E-state index contributed by atoms with van der Waals surface area (Å²) in [5.41, 5.74) is 1.64. The number of rotatable bonds is 3. The Morgan fingerprint density at radius 3 is 2.80 bits per heavy atom. The highest BCUT2D eigenvalue weighted by molar-refractivity contribution is 5.73. The second kappa shape index (κ2) is 6.70. The lowest BCUT2D eigenvalue weighted by Crippen LogP contribution is -2.34. The molecule has 1 N–H and O–H groups in total. The zero-order valence-electron chi connectivity index (χ0n) is 12.2. The van der Waals surface area contributed by atoms with E-state index in [0.29, 0.717) is 25.3 Å². The number of nitrogens with zero attached hydrogens (tertiary/aromatic N) is 2. The summed E-state index contributed by atoms with van der Waals surface area (Å²) in [4.78, 5) is 15.3. The number of hydrogen-bond acceptors (Lipinski definition) is 3. The first-order valence-electron chi connectivity index (χ1n) is 7.06. The summed E-state index contributed by atoms with van der Waals surface area (Å²) < 4.78 is 14.2.